The van der Waals surface area contributed by atoms with E-state index >= 15 is 0 Å². The van der Waals surface area contributed by atoms with E-state index < -0.39 is 11.6 Å². The summed E-state index contributed by atoms with van der Waals surface area (Å²) in [6.45, 7) is 2.19. The van der Waals surface area contributed by atoms with Gasteiger partial charge in [0.05, 0.1) is 0 Å². The van der Waals surface area contributed by atoms with Gasteiger partial charge in [-0.1, -0.05) is 19.1 Å². The molecule has 0 aliphatic heterocycles. The molecule has 0 saturated heterocycles. The molecule has 0 radical (unpaired) electrons. The quantitative estimate of drug-likeness (QED) is 0.854. The Morgan fingerprint density at radius 3 is 2.71 bits per heavy atom. The first kappa shape index (κ1) is 12.5. The minimum Gasteiger partial charge on any atom is -0.317 e. The second-order valence-corrected chi connectivity index (χ2v) is 5.01. The van der Waals surface area contributed by atoms with Crippen LogP contribution in [0.1, 0.15) is 25.3 Å². The molecular formula is C14H19F2N. The van der Waals surface area contributed by atoms with Gasteiger partial charge in [-0.3, -0.25) is 0 Å². The first-order chi connectivity index (χ1) is 8.13. The van der Waals surface area contributed by atoms with Gasteiger partial charge in [0.2, 0.25) is 0 Å². The predicted molar refractivity (Wildman–Crippen MR) is 64.8 cm³/mol. The molecular weight excluding hydrogens is 220 g/mol. The third-order valence-electron chi connectivity index (χ3n) is 4.11. The monoisotopic (exact) mass is 239 g/mol. The van der Waals surface area contributed by atoms with Crippen molar-refractivity contribution in [3.05, 3.63) is 35.4 Å². The third-order valence-corrected chi connectivity index (χ3v) is 4.11. The predicted octanol–water partition coefficient (Wildman–Crippen LogP) is 3.14. The highest BCUT2D eigenvalue weighted by atomic mass is 19.2. The molecule has 0 heterocycles. The lowest BCUT2D eigenvalue weighted by molar-refractivity contribution is 0.358. The van der Waals surface area contributed by atoms with Gasteiger partial charge in [0.25, 0.3) is 0 Å². The highest BCUT2D eigenvalue weighted by molar-refractivity contribution is 5.20. The largest absolute Gasteiger partial charge is 0.317 e. The molecule has 0 spiro atoms. The SMILES string of the molecule is CNC1CCC(Cc2cccc(F)c2F)C1C. The molecule has 3 heteroatoms. The van der Waals surface area contributed by atoms with Crippen LogP contribution in [0, 0.1) is 23.5 Å². The van der Waals surface area contributed by atoms with Crippen LogP contribution in [0.15, 0.2) is 18.2 Å². The van der Waals surface area contributed by atoms with Gasteiger partial charge in [0.15, 0.2) is 11.6 Å². The Labute approximate surface area is 101 Å². The Hall–Kier alpha value is -0.960. The molecule has 1 aliphatic rings. The van der Waals surface area contributed by atoms with E-state index in [0.717, 1.165) is 12.8 Å². The minimum atomic E-state index is -0.738. The van der Waals surface area contributed by atoms with Crippen molar-refractivity contribution in [1.29, 1.82) is 0 Å². The maximum Gasteiger partial charge on any atom is 0.162 e. The standard InChI is InChI=1S/C14H19F2N/c1-9-10(6-7-13(9)17-2)8-11-4-3-5-12(15)14(11)16/h3-5,9-10,13,17H,6-8H2,1-2H3. The maximum absolute atomic E-state index is 13.6. The van der Waals surface area contributed by atoms with E-state index in [1.807, 2.05) is 7.05 Å². The van der Waals surface area contributed by atoms with Gasteiger partial charge < -0.3 is 5.32 Å². The number of nitrogens with one attached hydrogen (secondary N) is 1. The van der Waals surface area contributed by atoms with Crippen molar-refractivity contribution >= 4 is 0 Å². The lowest BCUT2D eigenvalue weighted by atomic mass is 9.89. The molecule has 94 valence electrons. The Balaban J connectivity index is 2.09. The number of hydrogen-bond acceptors (Lipinski definition) is 1. The summed E-state index contributed by atoms with van der Waals surface area (Å²) in [7, 11) is 1.96. The van der Waals surface area contributed by atoms with E-state index in [0.29, 0.717) is 29.9 Å². The Bertz CT molecular complexity index is 392. The molecule has 0 amide bonds. The lowest BCUT2D eigenvalue weighted by Gasteiger charge is -2.20. The van der Waals surface area contributed by atoms with Gasteiger partial charge in [-0.05, 0) is 49.8 Å². The van der Waals surface area contributed by atoms with Crippen molar-refractivity contribution < 1.29 is 8.78 Å². The van der Waals surface area contributed by atoms with Crippen molar-refractivity contribution in [3.63, 3.8) is 0 Å². The summed E-state index contributed by atoms with van der Waals surface area (Å²) in [5, 5.41) is 3.29. The van der Waals surface area contributed by atoms with Gasteiger partial charge in [-0.25, -0.2) is 8.78 Å². The van der Waals surface area contributed by atoms with Crippen LogP contribution in [-0.2, 0) is 6.42 Å². The van der Waals surface area contributed by atoms with E-state index in [-0.39, 0.29) is 0 Å². The minimum absolute atomic E-state index is 0.448. The van der Waals surface area contributed by atoms with Crippen LogP contribution >= 0.6 is 0 Å². The van der Waals surface area contributed by atoms with Crippen LogP contribution in [0.5, 0.6) is 0 Å². The normalized spacial score (nSPS) is 28.6. The van der Waals surface area contributed by atoms with Gasteiger partial charge in [-0.2, -0.15) is 0 Å². The van der Waals surface area contributed by atoms with E-state index in [1.54, 1.807) is 12.1 Å². The molecule has 1 nitrogen and oxygen atoms in total. The molecule has 0 bridgehead atoms. The van der Waals surface area contributed by atoms with Crippen LogP contribution in [0.25, 0.3) is 0 Å². The molecule has 1 saturated carbocycles. The summed E-state index contributed by atoms with van der Waals surface area (Å²) < 4.78 is 26.7. The fourth-order valence-electron chi connectivity index (χ4n) is 2.93. The molecule has 17 heavy (non-hydrogen) atoms. The Morgan fingerprint density at radius 2 is 2.06 bits per heavy atom. The fraction of sp³-hybridized carbons (Fsp3) is 0.571. The Kier molecular flexibility index (Phi) is 3.77. The summed E-state index contributed by atoms with van der Waals surface area (Å²) in [5.74, 6) is -0.447. The van der Waals surface area contributed by atoms with E-state index in [4.69, 9.17) is 0 Å². The maximum atomic E-state index is 13.6. The summed E-state index contributed by atoms with van der Waals surface area (Å²) in [4.78, 5) is 0. The number of benzene rings is 1. The summed E-state index contributed by atoms with van der Waals surface area (Å²) >= 11 is 0. The molecule has 3 unspecified atom stereocenters. The highest BCUT2D eigenvalue weighted by Gasteiger charge is 2.32. The van der Waals surface area contributed by atoms with Crippen LogP contribution in [0.2, 0.25) is 0 Å². The molecule has 3 atom stereocenters. The molecule has 1 aromatic carbocycles. The zero-order chi connectivity index (χ0) is 12.4. The van der Waals surface area contributed by atoms with Crippen molar-refractivity contribution in [2.45, 2.75) is 32.2 Å². The van der Waals surface area contributed by atoms with Crippen molar-refractivity contribution in [2.24, 2.45) is 11.8 Å². The molecule has 2 rings (SSSR count). The lowest BCUT2D eigenvalue weighted by Crippen LogP contribution is -2.29. The molecule has 1 fully saturated rings. The van der Waals surface area contributed by atoms with Crippen molar-refractivity contribution in [3.8, 4) is 0 Å². The van der Waals surface area contributed by atoms with Gasteiger partial charge in [-0.15, -0.1) is 0 Å². The number of hydrogen-bond donors (Lipinski definition) is 1. The first-order valence-electron chi connectivity index (χ1n) is 6.23. The zero-order valence-corrected chi connectivity index (χ0v) is 10.3. The second kappa shape index (κ2) is 5.13. The average molecular weight is 239 g/mol. The molecule has 1 N–H and O–H groups in total. The Morgan fingerprint density at radius 1 is 1.29 bits per heavy atom. The van der Waals surface area contributed by atoms with E-state index in [9.17, 15) is 8.78 Å². The van der Waals surface area contributed by atoms with Gasteiger partial charge >= 0.3 is 0 Å². The number of halogens is 2. The second-order valence-electron chi connectivity index (χ2n) is 5.01. The van der Waals surface area contributed by atoms with Crippen LogP contribution in [-0.4, -0.2) is 13.1 Å². The zero-order valence-electron chi connectivity index (χ0n) is 10.3. The molecule has 1 aromatic rings. The summed E-state index contributed by atoms with van der Waals surface area (Å²) in [6.07, 6.45) is 2.85. The highest BCUT2D eigenvalue weighted by Crippen LogP contribution is 2.34. The molecule has 0 aromatic heterocycles. The average Bonchev–Trinajstić information content (AvgIpc) is 2.66. The third kappa shape index (κ3) is 2.49. The van der Waals surface area contributed by atoms with E-state index in [2.05, 4.69) is 12.2 Å². The van der Waals surface area contributed by atoms with E-state index in [1.165, 1.54) is 6.07 Å². The van der Waals surface area contributed by atoms with Crippen LogP contribution in [0.3, 0.4) is 0 Å². The smallest absolute Gasteiger partial charge is 0.162 e. The van der Waals surface area contributed by atoms with Gasteiger partial charge in [0, 0.05) is 6.04 Å². The number of rotatable bonds is 3. The molecule has 1 aliphatic carbocycles. The first-order valence-corrected chi connectivity index (χ1v) is 6.23. The summed E-state index contributed by atoms with van der Waals surface area (Å²) in [5.41, 5.74) is 0.513. The topological polar surface area (TPSA) is 12.0 Å². The van der Waals surface area contributed by atoms with Gasteiger partial charge in [0.1, 0.15) is 0 Å². The van der Waals surface area contributed by atoms with Crippen molar-refractivity contribution in [2.75, 3.05) is 7.05 Å². The van der Waals surface area contributed by atoms with Crippen LogP contribution < -0.4 is 5.32 Å². The van der Waals surface area contributed by atoms with Crippen molar-refractivity contribution in [1.82, 2.24) is 5.32 Å². The fourth-order valence-corrected chi connectivity index (χ4v) is 2.93. The summed E-state index contributed by atoms with van der Waals surface area (Å²) in [6, 6.07) is 4.96. The van der Waals surface area contributed by atoms with Crippen LogP contribution in [0.4, 0.5) is 8.78 Å².